The first-order valence-electron chi connectivity index (χ1n) is 11.5. The van der Waals surface area contributed by atoms with Gasteiger partial charge in [0, 0.05) is 32.2 Å². The standard InChI is InChI=1S/C26H28N2O4S2/c29-33(30)19-25(34(31,32)23-11-5-2-6-12-23)26-21(10-7-13-24(26)33)16-27-22-14-15-28(18-22)17-20-8-3-1-4-9-20/h1-13,22,25,27H,14-19H2/t22-,25?/m1/s1. The van der Waals surface area contributed by atoms with Crippen LogP contribution in [0.3, 0.4) is 0 Å². The second kappa shape index (κ2) is 9.26. The van der Waals surface area contributed by atoms with E-state index in [-0.39, 0.29) is 15.8 Å². The largest absolute Gasteiger partial charge is 0.309 e. The number of hydrogen-bond acceptors (Lipinski definition) is 6. The van der Waals surface area contributed by atoms with Crippen molar-refractivity contribution in [3.8, 4) is 0 Å². The zero-order valence-corrected chi connectivity index (χ0v) is 20.4. The molecule has 8 heteroatoms. The Labute approximate surface area is 201 Å². The van der Waals surface area contributed by atoms with E-state index in [1.54, 1.807) is 24.3 Å². The Kier molecular flexibility index (Phi) is 6.33. The van der Waals surface area contributed by atoms with Crippen LogP contribution in [0.4, 0.5) is 0 Å². The molecule has 1 fully saturated rings. The van der Waals surface area contributed by atoms with E-state index < -0.39 is 30.7 Å². The first-order chi connectivity index (χ1) is 16.3. The van der Waals surface area contributed by atoms with Crippen LogP contribution in [0.2, 0.25) is 0 Å². The van der Waals surface area contributed by atoms with E-state index in [9.17, 15) is 16.8 Å². The highest BCUT2D eigenvalue weighted by Crippen LogP contribution is 2.42. The fraction of sp³-hybridized carbons (Fsp3) is 0.308. The predicted octanol–water partition coefficient (Wildman–Crippen LogP) is 3.35. The third-order valence-electron chi connectivity index (χ3n) is 6.73. The molecule has 2 aliphatic rings. The zero-order chi connectivity index (χ0) is 23.8. The molecule has 0 amide bonds. The summed E-state index contributed by atoms with van der Waals surface area (Å²) in [6.45, 7) is 3.21. The molecule has 0 aliphatic carbocycles. The molecule has 6 nitrogen and oxygen atoms in total. The summed E-state index contributed by atoms with van der Waals surface area (Å²) in [4.78, 5) is 2.70. The first kappa shape index (κ1) is 23.2. The number of benzene rings is 3. The highest BCUT2D eigenvalue weighted by Gasteiger charge is 2.44. The Bertz CT molecular complexity index is 1370. The molecule has 0 bridgehead atoms. The Morgan fingerprint density at radius 1 is 0.912 bits per heavy atom. The molecule has 2 atom stereocenters. The number of likely N-dealkylation sites (tertiary alicyclic amines) is 1. The SMILES string of the molecule is O=S1(=O)CC(S(=O)(=O)c2ccccc2)c2c(CN[C@@H]3CCN(Cc4ccccc4)C3)cccc21. The predicted molar refractivity (Wildman–Crippen MR) is 132 cm³/mol. The molecular weight excluding hydrogens is 468 g/mol. The number of hydrogen-bond donors (Lipinski definition) is 1. The average Bonchev–Trinajstić information content (AvgIpc) is 3.41. The second-order valence-corrected chi connectivity index (χ2v) is 13.2. The number of fused-ring (bicyclic) bond motifs is 1. The second-order valence-electron chi connectivity index (χ2n) is 9.04. The maximum Gasteiger partial charge on any atom is 0.186 e. The maximum absolute atomic E-state index is 13.4. The third kappa shape index (κ3) is 4.55. The lowest BCUT2D eigenvalue weighted by Gasteiger charge is -2.19. The van der Waals surface area contributed by atoms with Crippen LogP contribution in [0.25, 0.3) is 0 Å². The summed E-state index contributed by atoms with van der Waals surface area (Å²) in [6.07, 6.45) is 0.992. The van der Waals surface area contributed by atoms with Crippen LogP contribution in [0, 0.1) is 0 Å². The third-order valence-corrected chi connectivity index (χ3v) is 10.8. The maximum atomic E-state index is 13.4. The van der Waals surface area contributed by atoms with E-state index in [0.29, 0.717) is 12.1 Å². The fourth-order valence-electron chi connectivity index (χ4n) is 5.01. The zero-order valence-electron chi connectivity index (χ0n) is 18.8. The summed E-state index contributed by atoms with van der Waals surface area (Å²) in [5, 5.41) is 2.46. The Balaban J connectivity index is 1.35. The molecule has 1 N–H and O–H groups in total. The van der Waals surface area contributed by atoms with E-state index in [1.807, 2.05) is 24.3 Å². The minimum absolute atomic E-state index is 0.147. The van der Waals surface area contributed by atoms with E-state index in [0.717, 1.165) is 31.6 Å². The summed E-state index contributed by atoms with van der Waals surface area (Å²) in [6, 6.07) is 23.8. The highest BCUT2D eigenvalue weighted by atomic mass is 32.2. The van der Waals surface area contributed by atoms with Crippen LogP contribution in [0.1, 0.15) is 28.4 Å². The van der Waals surface area contributed by atoms with E-state index in [4.69, 9.17) is 0 Å². The molecule has 1 saturated heterocycles. The van der Waals surface area contributed by atoms with Crippen molar-refractivity contribution in [3.05, 3.63) is 95.6 Å². The van der Waals surface area contributed by atoms with Gasteiger partial charge >= 0.3 is 0 Å². The van der Waals surface area contributed by atoms with Gasteiger partial charge in [-0.3, -0.25) is 4.90 Å². The molecule has 0 radical (unpaired) electrons. The summed E-state index contributed by atoms with van der Waals surface area (Å²) < 4.78 is 52.6. The highest BCUT2D eigenvalue weighted by molar-refractivity contribution is 7.96. The molecule has 5 rings (SSSR count). The van der Waals surface area contributed by atoms with Gasteiger partial charge in [0.15, 0.2) is 19.7 Å². The smallest absolute Gasteiger partial charge is 0.186 e. The van der Waals surface area contributed by atoms with Gasteiger partial charge in [-0.1, -0.05) is 60.7 Å². The molecule has 2 heterocycles. The van der Waals surface area contributed by atoms with Gasteiger partial charge in [-0.05, 0) is 41.3 Å². The number of nitrogens with zero attached hydrogens (tertiary/aromatic N) is 1. The average molecular weight is 497 g/mol. The van der Waals surface area contributed by atoms with Crippen molar-refractivity contribution in [2.75, 3.05) is 18.8 Å². The Hall–Kier alpha value is -2.52. The molecule has 1 unspecified atom stereocenters. The van der Waals surface area contributed by atoms with Crippen molar-refractivity contribution in [1.82, 2.24) is 10.2 Å². The first-order valence-corrected chi connectivity index (χ1v) is 14.7. The van der Waals surface area contributed by atoms with Crippen LogP contribution in [0.15, 0.2) is 88.7 Å². The van der Waals surface area contributed by atoms with Gasteiger partial charge < -0.3 is 5.32 Å². The molecule has 3 aromatic carbocycles. The molecule has 3 aromatic rings. The van der Waals surface area contributed by atoms with Gasteiger partial charge in [-0.25, -0.2) is 16.8 Å². The van der Waals surface area contributed by atoms with Crippen molar-refractivity contribution in [2.24, 2.45) is 0 Å². The van der Waals surface area contributed by atoms with Gasteiger partial charge in [0.05, 0.1) is 15.5 Å². The van der Waals surface area contributed by atoms with E-state index >= 15 is 0 Å². The van der Waals surface area contributed by atoms with Gasteiger partial charge in [-0.2, -0.15) is 0 Å². The molecule has 0 aromatic heterocycles. The van der Waals surface area contributed by atoms with Crippen molar-refractivity contribution in [2.45, 2.75) is 40.6 Å². The molecule has 178 valence electrons. The molecule has 34 heavy (non-hydrogen) atoms. The van der Waals surface area contributed by atoms with Crippen LogP contribution < -0.4 is 5.32 Å². The van der Waals surface area contributed by atoms with Crippen molar-refractivity contribution < 1.29 is 16.8 Å². The van der Waals surface area contributed by atoms with Crippen LogP contribution >= 0.6 is 0 Å². The molecule has 2 aliphatic heterocycles. The minimum atomic E-state index is -3.84. The number of sulfone groups is 2. The summed E-state index contributed by atoms with van der Waals surface area (Å²) in [5.41, 5.74) is 2.45. The normalized spacial score (nSPS) is 22.0. The van der Waals surface area contributed by atoms with E-state index in [1.165, 1.54) is 23.8 Å². The lowest BCUT2D eigenvalue weighted by molar-refractivity contribution is 0.320. The molecular formula is C26H28N2O4S2. The van der Waals surface area contributed by atoms with Gasteiger partial charge in [0.2, 0.25) is 0 Å². The summed E-state index contributed by atoms with van der Waals surface area (Å²) in [7, 11) is -7.51. The van der Waals surface area contributed by atoms with Crippen LogP contribution in [-0.4, -0.2) is 46.6 Å². The molecule has 0 spiro atoms. The fourth-order valence-corrected chi connectivity index (χ4v) is 9.43. The van der Waals surface area contributed by atoms with Crippen molar-refractivity contribution >= 4 is 19.7 Å². The number of nitrogens with one attached hydrogen (secondary N) is 1. The van der Waals surface area contributed by atoms with Gasteiger partial charge in [0.25, 0.3) is 0 Å². The summed E-state index contributed by atoms with van der Waals surface area (Å²) in [5.74, 6) is -0.412. The topological polar surface area (TPSA) is 83.5 Å². The summed E-state index contributed by atoms with van der Waals surface area (Å²) >= 11 is 0. The van der Waals surface area contributed by atoms with Crippen LogP contribution in [-0.2, 0) is 32.8 Å². The monoisotopic (exact) mass is 496 g/mol. The quantitative estimate of drug-likeness (QED) is 0.540. The number of rotatable bonds is 7. The van der Waals surface area contributed by atoms with E-state index in [2.05, 4.69) is 22.3 Å². The molecule has 0 saturated carbocycles. The van der Waals surface area contributed by atoms with Crippen LogP contribution in [0.5, 0.6) is 0 Å². The van der Waals surface area contributed by atoms with Gasteiger partial charge in [0.1, 0.15) is 5.25 Å². The lowest BCUT2D eigenvalue weighted by Crippen LogP contribution is -2.32. The lowest BCUT2D eigenvalue weighted by atomic mass is 10.0. The van der Waals surface area contributed by atoms with Crippen molar-refractivity contribution in [1.29, 1.82) is 0 Å². The van der Waals surface area contributed by atoms with Crippen molar-refractivity contribution in [3.63, 3.8) is 0 Å². The Morgan fingerprint density at radius 3 is 2.35 bits per heavy atom. The minimum Gasteiger partial charge on any atom is -0.309 e. The Morgan fingerprint density at radius 2 is 1.62 bits per heavy atom. The van der Waals surface area contributed by atoms with Gasteiger partial charge in [-0.15, -0.1) is 0 Å².